The zero-order chi connectivity index (χ0) is 12.0. The van der Waals surface area contributed by atoms with Gasteiger partial charge in [0.25, 0.3) is 0 Å². The molecule has 0 aromatic rings. The van der Waals surface area contributed by atoms with Crippen LogP contribution in [0.1, 0.15) is 59.8 Å². The minimum atomic E-state index is 0.405. The van der Waals surface area contributed by atoms with Crippen molar-refractivity contribution in [1.82, 2.24) is 5.32 Å². The molecule has 0 heterocycles. The van der Waals surface area contributed by atoms with E-state index < -0.39 is 0 Å². The Morgan fingerprint density at radius 2 is 1.81 bits per heavy atom. The summed E-state index contributed by atoms with van der Waals surface area (Å²) in [4.78, 5) is 0. The molecule has 0 aromatic carbocycles. The molecule has 1 nitrogen and oxygen atoms in total. The van der Waals surface area contributed by atoms with E-state index >= 15 is 0 Å². The number of thioether (sulfide) groups is 1. The summed E-state index contributed by atoms with van der Waals surface area (Å²) < 4.78 is 0.405. The highest BCUT2D eigenvalue weighted by Crippen LogP contribution is 2.31. The van der Waals surface area contributed by atoms with E-state index in [1.807, 2.05) is 0 Å². The van der Waals surface area contributed by atoms with Crippen LogP contribution < -0.4 is 5.32 Å². The Kier molecular flexibility index (Phi) is 6.20. The van der Waals surface area contributed by atoms with Gasteiger partial charge in [-0.2, -0.15) is 11.8 Å². The maximum Gasteiger partial charge on any atom is 0.0186 e. The first-order valence-corrected chi connectivity index (χ1v) is 7.89. The van der Waals surface area contributed by atoms with Crippen LogP contribution in [0.5, 0.6) is 0 Å². The van der Waals surface area contributed by atoms with Gasteiger partial charge in [0, 0.05) is 16.5 Å². The van der Waals surface area contributed by atoms with Gasteiger partial charge in [0.2, 0.25) is 0 Å². The summed E-state index contributed by atoms with van der Waals surface area (Å²) in [7, 11) is 0. The first-order valence-electron chi connectivity index (χ1n) is 6.90. The van der Waals surface area contributed by atoms with Gasteiger partial charge in [-0.15, -0.1) is 0 Å². The average molecular weight is 243 g/mol. The number of nitrogens with one attached hydrogen (secondary N) is 1. The summed E-state index contributed by atoms with van der Waals surface area (Å²) in [5.41, 5.74) is 0. The van der Waals surface area contributed by atoms with Crippen LogP contribution in [-0.2, 0) is 0 Å². The van der Waals surface area contributed by atoms with E-state index in [0.29, 0.717) is 4.75 Å². The molecule has 0 radical (unpaired) electrons. The fourth-order valence-electron chi connectivity index (χ4n) is 2.50. The first-order chi connectivity index (χ1) is 7.53. The van der Waals surface area contributed by atoms with E-state index in [2.05, 4.69) is 44.8 Å². The standard InChI is InChI=1S/C14H29NS/c1-5-15-13(11-16-14(2,3)4)12-9-7-6-8-10-12/h12-13,15H,5-11H2,1-4H3. The van der Waals surface area contributed by atoms with E-state index in [-0.39, 0.29) is 0 Å². The SMILES string of the molecule is CCNC(CSC(C)(C)C)C1CCCCC1. The van der Waals surface area contributed by atoms with Crippen molar-refractivity contribution in [2.45, 2.75) is 70.6 Å². The Labute approximate surface area is 106 Å². The third kappa shape index (κ3) is 5.58. The molecule has 0 amide bonds. The summed E-state index contributed by atoms with van der Waals surface area (Å²) in [6, 6.07) is 0.745. The van der Waals surface area contributed by atoms with Gasteiger partial charge in [0.05, 0.1) is 0 Å². The summed E-state index contributed by atoms with van der Waals surface area (Å²) in [5, 5.41) is 3.70. The summed E-state index contributed by atoms with van der Waals surface area (Å²) >= 11 is 2.11. The topological polar surface area (TPSA) is 12.0 Å². The van der Waals surface area contributed by atoms with Crippen molar-refractivity contribution in [1.29, 1.82) is 0 Å². The zero-order valence-electron chi connectivity index (χ0n) is 11.5. The molecule has 2 heteroatoms. The van der Waals surface area contributed by atoms with Crippen LogP contribution in [0.25, 0.3) is 0 Å². The van der Waals surface area contributed by atoms with Crippen molar-refractivity contribution in [3.8, 4) is 0 Å². The van der Waals surface area contributed by atoms with Crippen molar-refractivity contribution in [2.24, 2.45) is 5.92 Å². The normalized spacial score (nSPS) is 21.0. The molecule has 0 saturated heterocycles. The maximum atomic E-state index is 3.70. The molecule has 0 aliphatic heterocycles. The van der Waals surface area contributed by atoms with Gasteiger partial charge in [-0.1, -0.05) is 47.0 Å². The largest absolute Gasteiger partial charge is 0.313 e. The summed E-state index contributed by atoms with van der Waals surface area (Å²) in [6.07, 6.45) is 7.26. The Morgan fingerprint density at radius 1 is 1.19 bits per heavy atom. The second-order valence-corrected chi connectivity index (χ2v) is 7.83. The van der Waals surface area contributed by atoms with Crippen molar-refractivity contribution >= 4 is 11.8 Å². The lowest BCUT2D eigenvalue weighted by Gasteiger charge is -2.32. The Bertz CT molecular complexity index is 180. The summed E-state index contributed by atoms with van der Waals surface area (Å²) in [6.45, 7) is 10.3. The molecule has 1 fully saturated rings. The van der Waals surface area contributed by atoms with Gasteiger partial charge >= 0.3 is 0 Å². The van der Waals surface area contributed by atoms with Gasteiger partial charge in [0.1, 0.15) is 0 Å². The smallest absolute Gasteiger partial charge is 0.0186 e. The third-order valence-corrected chi connectivity index (χ3v) is 4.77. The number of hydrogen-bond donors (Lipinski definition) is 1. The van der Waals surface area contributed by atoms with Crippen LogP contribution in [0.3, 0.4) is 0 Å². The third-order valence-electron chi connectivity index (χ3n) is 3.38. The molecule has 1 aliphatic carbocycles. The summed E-state index contributed by atoms with van der Waals surface area (Å²) in [5.74, 6) is 2.21. The van der Waals surface area contributed by atoms with Crippen LogP contribution in [0, 0.1) is 5.92 Å². The second-order valence-electron chi connectivity index (χ2n) is 5.99. The molecule has 16 heavy (non-hydrogen) atoms. The molecule has 1 atom stereocenters. The Morgan fingerprint density at radius 3 is 2.31 bits per heavy atom. The highest BCUT2D eigenvalue weighted by atomic mass is 32.2. The highest BCUT2D eigenvalue weighted by molar-refractivity contribution is 8.00. The second kappa shape index (κ2) is 6.90. The minimum absolute atomic E-state index is 0.405. The molecular formula is C14H29NS. The molecule has 0 aromatic heterocycles. The number of hydrogen-bond acceptors (Lipinski definition) is 2. The van der Waals surface area contributed by atoms with Crippen molar-refractivity contribution < 1.29 is 0 Å². The van der Waals surface area contributed by atoms with Gasteiger partial charge in [-0.3, -0.25) is 0 Å². The predicted molar refractivity (Wildman–Crippen MR) is 76.3 cm³/mol. The van der Waals surface area contributed by atoms with Gasteiger partial charge < -0.3 is 5.32 Å². The van der Waals surface area contributed by atoms with Crippen LogP contribution in [0.15, 0.2) is 0 Å². The highest BCUT2D eigenvalue weighted by Gasteiger charge is 2.24. The van der Waals surface area contributed by atoms with Crippen LogP contribution in [-0.4, -0.2) is 23.1 Å². The van der Waals surface area contributed by atoms with Crippen LogP contribution in [0.2, 0.25) is 0 Å². The van der Waals surface area contributed by atoms with Crippen molar-refractivity contribution in [3.05, 3.63) is 0 Å². The molecular weight excluding hydrogens is 214 g/mol. The molecule has 1 unspecified atom stereocenters. The monoisotopic (exact) mass is 243 g/mol. The number of rotatable bonds is 5. The molecule has 1 saturated carbocycles. The molecule has 96 valence electrons. The van der Waals surface area contributed by atoms with Gasteiger partial charge in [-0.25, -0.2) is 0 Å². The zero-order valence-corrected chi connectivity index (χ0v) is 12.3. The van der Waals surface area contributed by atoms with Crippen molar-refractivity contribution in [2.75, 3.05) is 12.3 Å². The lowest BCUT2D eigenvalue weighted by atomic mass is 9.84. The van der Waals surface area contributed by atoms with Crippen molar-refractivity contribution in [3.63, 3.8) is 0 Å². The fourth-order valence-corrected chi connectivity index (χ4v) is 3.57. The fraction of sp³-hybridized carbons (Fsp3) is 1.00. The van der Waals surface area contributed by atoms with E-state index in [4.69, 9.17) is 0 Å². The molecule has 1 rings (SSSR count). The van der Waals surface area contributed by atoms with Gasteiger partial charge in [0.15, 0.2) is 0 Å². The van der Waals surface area contributed by atoms with Crippen LogP contribution in [0.4, 0.5) is 0 Å². The molecule has 0 bridgehead atoms. The van der Waals surface area contributed by atoms with E-state index in [1.165, 1.54) is 37.9 Å². The van der Waals surface area contributed by atoms with E-state index in [9.17, 15) is 0 Å². The Hall–Kier alpha value is 0.310. The minimum Gasteiger partial charge on any atom is -0.313 e. The lowest BCUT2D eigenvalue weighted by molar-refractivity contribution is 0.287. The van der Waals surface area contributed by atoms with E-state index in [1.54, 1.807) is 0 Å². The first kappa shape index (κ1) is 14.4. The average Bonchev–Trinajstić information content (AvgIpc) is 2.24. The van der Waals surface area contributed by atoms with E-state index in [0.717, 1.165) is 18.5 Å². The maximum absolute atomic E-state index is 3.70. The Balaban J connectivity index is 2.39. The van der Waals surface area contributed by atoms with Crippen LogP contribution >= 0.6 is 11.8 Å². The molecule has 1 aliphatic rings. The lowest BCUT2D eigenvalue weighted by Crippen LogP contribution is -2.40. The predicted octanol–water partition coefficient (Wildman–Crippen LogP) is 4.08. The van der Waals surface area contributed by atoms with Gasteiger partial charge in [-0.05, 0) is 25.3 Å². The molecule has 1 N–H and O–H groups in total. The quantitative estimate of drug-likeness (QED) is 0.781. The molecule has 0 spiro atoms.